The van der Waals surface area contributed by atoms with E-state index in [-0.39, 0.29) is 5.15 Å². The zero-order valence-electron chi connectivity index (χ0n) is 7.42. The van der Waals surface area contributed by atoms with Gasteiger partial charge in [0.05, 0.1) is 18.1 Å². The second-order valence-corrected chi connectivity index (χ2v) is 3.67. The number of halogens is 3. The van der Waals surface area contributed by atoms with Crippen LogP contribution in [0.3, 0.4) is 0 Å². The summed E-state index contributed by atoms with van der Waals surface area (Å²) in [5, 5.41) is 0.563. The Morgan fingerprint density at radius 1 is 1.13 bits per heavy atom. The van der Waals surface area contributed by atoms with Gasteiger partial charge in [0.1, 0.15) is 11.0 Å². The van der Waals surface area contributed by atoms with Gasteiger partial charge < -0.3 is 0 Å². The first-order chi connectivity index (χ1) is 7.16. The Balaban J connectivity index is 2.54. The highest BCUT2D eigenvalue weighted by molar-refractivity contribution is 6.30. The van der Waals surface area contributed by atoms with Crippen LogP contribution in [-0.4, -0.2) is 9.97 Å². The Morgan fingerprint density at radius 3 is 2.60 bits per heavy atom. The monoisotopic (exact) mass is 242 g/mol. The van der Waals surface area contributed by atoms with Gasteiger partial charge in [-0.2, -0.15) is 0 Å². The average Bonchev–Trinajstić information content (AvgIpc) is 2.17. The predicted octanol–water partition coefficient (Wildman–Crippen LogP) is 3.59. The lowest BCUT2D eigenvalue weighted by Gasteiger charge is -2.02. The SMILES string of the molecule is Fc1cc(Cl)ccc1-c1cncc(Cl)n1. The Kier molecular flexibility index (Phi) is 2.84. The third-order valence-corrected chi connectivity index (χ3v) is 2.23. The first-order valence-electron chi connectivity index (χ1n) is 4.10. The topological polar surface area (TPSA) is 25.8 Å². The first-order valence-corrected chi connectivity index (χ1v) is 4.85. The van der Waals surface area contributed by atoms with Crippen molar-refractivity contribution in [2.45, 2.75) is 0 Å². The van der Waals surface area contributed by atoms with E-state index in [1.165, 1.54) is 24.5 Å². The van der Waals surface area contributed by atoms with Gasteiger partial charge in [-0.25, -0.2) is 9.37 Å². The molecule has 0 saturated heterocycles. The molecule has 0 atom stereocenters. The smallest absolute Gasteiger partial charge is 0.148 e. The van der Waals surface area contributed by atoms with Crippen molar-refractivity contribution >= 4 is 23.2 Å². The van der Waals surface area contributed by atoms with Gasteiger partial charge >= 0.3 is 0 Å². The van der Waals surface area contributed by atoms with E-state index >= 15 is 0 Å². The second kappa shape index (κ2) is 4.13. The van der Waals surface area contributed by atoms with Crippen LogP contribution in [0.4, 0.5) is 4.39 Å². The van der Waals surface area contributed by atoms with Crippen molar-refractivity contribution in [3.05, 3.63) is 46.6 Å². The second-order valence-electron chi connectivity index (χ2n) is 2.85. The van der Waals surface area contributed by atoms with Gasteiger partial charge in [0.25, 0.3) is 0 Å². The molecule has 15 heavy (non-hydrogen) atoms. The summed E-state index contributed by atoms with van der Waals surface area (Å²) in [6.45, 7) is 0. The summed E-state index contributed by atoms with van der Waals surface area (Å²) in [4.78, 5) is 7.78. The third kappa shape index (κ3) is 2.25. The molecule has 1 heterocycles. The first kappa shape index (κ1) is 10.3. The molecule has 0 aliphatic carbocycles. The van der Waals surface area contributed by atoms with E-state index in [1.54, 1.807) is 6.07 Å². The molecule has 0 amide bonds. The number of hydrogen-bond donors (Lipinski definition) is 0. The molecule has 1 aromatic carbocycles. The molecule has 2 nitrogen and oxygen atoms in total. The fourth-order valence-corrected chi connectivity index (χ4v) is 1.48. The zero-order valence-corrected chi connectivity index (χ0v) is 8.93. The van der Waals surface area contributed by atoms with Crippen molar-refractivity contribution in [1.29, 1.82) is 0 Å². The summed E-state index contributed by atoms with van der Waals surface area (Å²) < 4.78 is 13.5. The fourth-order valence-electron chi connectivity index (χ4n) is 1.17. The quantitative estimate of drug-likeness (QED) is 0.764. The summed E-state index contributed by atoms with van der Waals surface area (Å²) in [6, 6.07) is 4.35. The van der Waals surface area contributed by atoms with E-state index in [0.717, 1.165) is 0 Å². The lowest BCUT2D eigenvalue weighted by molar-refractivity contribution is 0.630. The molecule has 76 valence electrons. The Morgan fingerprint density at radius 2 is 1.93 bits per heavy atom. The minimum absolute atomic E-state index is 0.224. The van der Waals surface area contributed by atoms with Gasteiger partial charge in [0.2, 0.25) is 0 Å². The predicted molar refractivity (Wildman–Crippen MR) is 57.4 cm³/mol. The van der Waals surface area contributed by atoms with Crippen LogP contribution in [-0.2, 0) is 0 Å². The maximum Gasteiger partial charge on any atom is 0.148 e. The maximum atomic E-state index is 13.5. The van der Waals surface area contributed by atoms with E-state index in [0.29, 0.717) is 16.3 Å². The van der Waals surface area contributed by atoms with Crippen LogP contribution in [0.5, 0.6) is 0 Å². The highest BCUT2D eigenvalue weighted by Crippen LogP contribution is 2.23. The van der Waals surface area contributed by atoms with Crippen LogP contribution < -0.4 is 0 Å². The largest absolute Gasteiger partial charge is 0.259 e. The van der Waals surface area contributed by atoms with Gasteiger partial charge in [0.15, 0.2) is 0 Å². The summed E-state index contributed by atoms with van der Waals surface area (Å²) in [6.07, 6.45) is 2.83. The minimum atomic E-state index is -0.445. The van der Waals surface area contributed by atoms with Crippen molar-refractivity contribution in [1.82, 2.24) is 9.97 Å². The van der Waals surface area contributed by atoms with Crippen molar-refractivity contribution in [2.24, 2.45) is 0 Å². The summed E-state index contributed by atoms with van der Waals surface area (Å²) in [7, 11) is 0. The molecule has 0 radical (unpaired) electrons. The molecule has 2 aromatic rings. The Labute approximate surface area is 95.7 Å². The third-order valence-electron chi connectivity index (χ3n) is 1.81. The van der Waals surface area contributed by atoms with E-state index in [4.69, 9.17) is 23.2 Å². The molecule has 0 aliphatic heterocycles. The van der Waals surface area contributed by atoms with E-state index in [2.05, 4.69) is 9.97 Å². The van der Waals surface area contributed by atoms with Gasteiger partial charge in [-0.05, 0) is 18.2 Å². The van der Waals surface area contributed by atoms with E-state index in [1.807, 2.05) is 0 Å². The van der Waals surface area contributed by atoms with Crippen LogP contribution in [0.15, 0.2) is 30.6 Å². The molecule has 0 aliphatic rings. The molecule has 0 saturated carbocycles. The van der Waals surface area contributed by atoms with E-state index in [9.17, 15) is 4.39 Å². The summed E-state index contributed by atoms with van der Waals surface area (Å²) in [5.41, 5.74) is 0.714. The molecule has 0 fully saturated rings. The van der Waals surface area contributed by atoms with Crippen molar-refractivity contribution < 1.29 is 4.39 Å². The average molecular weight is 243 g/mol. The molecular formula is C10H5Cl2FN2. The summed E-state index contributed by atoms with van der Waals surface area (Å²) in [5.74, 6) is -0.445. The zero-order chi connectivity index (χ0) is 10.8. The number of benzene rings is 1. The molecule has 0 spiro atoms. The van der Waals surface area contributed by atoms with Crippen molar-refractivity contribution in [3.63, 3.8) is 0 Å². The standard InChI is InChI=1S/C10H5Cl2FN2/c11-6-1-2-7(8(13)3-6)9-4-14-5-10(12)15-9/h1-5H. The highest BCUT2D eigenvalue weighted by atomic mass is 35.5. The Bertz CT molecular complexity index is 503. The summed E-state index contributed by atoms with van der Waals surface area (Å²) >= 11 is 11.3. The number of nitrogens with zero attached hydrogens (tertiary/aromatic N) is 2. The molecule has 5 heteroatoms. The van der Waals surface area contributed by atoms with Crippen LogP contribution >= 0.6 is 23.2 Å². The molecule has 0 N–H and O–H groups in total. The van der Waals surface area contributed by atoms with Gasteiger partial charge in [-0.1, -0.05) is 23.2 Å². The van der Waals surface area contributed by atoms with Crippen LogP contribution in [0.25, 0.3) is 11.3 Å². The lowest BCUT2D eigenvalue weighted by atomic mass is 10.1. The van der Waals surface area contributed by atoms with Crippen molar-refractivity contribution in [3.8, 4) is 11.3 Å². The lowest BCUT2D eigenvalue weighted by Crippen LogP contribution is -1.89. The molecule has 0 unspecified atom stereocenters. The number of hydrogen-bond acceptors (Lipinski definition) is 2. The van der Waals surface area contributed by atoms with Gasteiger partial charge in [0, 0.05) is 10.6 Å². The number of aromatic nitrogens is 2. The van der Waals surface area contributed by atoms with Crippen molar-refractivity contribution in [2.75, 3.05) is 0 Å². The molecule has 0 bridgehead atoms. The molecular weight excluding hydrogens is 238 g/mol. The van der Waals surface area contributed by atoms with Crippen LogP contribution in [0, 0.1) is 5.82 Å². The maximum absolute atomic E-state index is 13.5. The van der Waals surface area contributed by atoms with Crippen LogP contribution in [0.2, 0.25) is 10.2 Å². The highest BCUT2D eigenvalue weighted by Gasteiger charge is 2.07. The minimum Gasteiger partial charge on any atom is -0.259 e. The number of rotatable bonds is 1. The molecule has 1 aromatic heterocycles. The van der Waals surface area contributed by atoms with Gasteiger partial charge in [-0.3, -0.25) is 4.98 Å². The van der Waals surface area contributed by atoms with Crippen LogP contribution in [0.1, 0.15) is 0 Å². The molecule has 2 rings (SSSR count). The van der Waals surface area contributed by atoms with E-state index < -0.39 is 5.82 Å². The fraction of sp³-hybridized carbons (Fsp3) is 0. The Hall–Kier alpha value is -1.19. The van der Waals surface area contributed by atoms with Gasteiger partial charge in [-0.15, -0.1) is 0 Å². The normalized spacial score (nSPS) is 10.3.